The monoisotopic (exact) mass is 173 g/mol. The fourth-order valence-corrected chi connectivity index (χ4v) is 2.81. The average Bonchev–Trinajstić information content (AvgIpc) is 2.67. The van der Waals surface area contributed by atoms with Crippen molar-refractivity contribution in [2.24, 2.45) is 0 Å². The number of hydrogen-bond acceptors (Lipinski definition) is 3. The van der Waals surface area contributed by atoms with Crippen LogP contribution in [0, 0.1) is 0 Å². The van der Waals surface area contributed by atoms with Gasteiger partial charge < -0.3 is 4.74 Å². The summed E-state index contributed by atoms with van der Waals surface area (Å²) in [6.07, 6.45) is 1.93. The van der Waals surface area contributed by atoms with Gasteiger partial charge in [-0.1, -0.05) is 0 Å². The lowest BCUT2D eigenvalue weighted by molar-refractivity contribution is 0.233. The smallest absolute Gasteiger partial charge is 0.0936 e. The Morgan fingerprint density at radius 1 is 1.64 bits per heavy atom. The summed E-state index contributed by atoms with van der Waals surface area (Å²) in [7, 11) is 2.22. The van der Waals surface area contributed by atoms with Gasteiger partial charge in [0.2, 0.25) is 0 Å². The van der Waals surface area contributed by atoms with Crippen LogP contribution in [-0.2, 0) is 4.74 Å². The van der Waals surface area contributed by atoms with E-state index in [-0.39, 0.29) is 0 Å². The molecular formula is C8H15NOS. The third kappa shape index (κ3) is 2.10. The van der Waals surface area contributed by atoms with Crippen molar-refractivity contribution < 1.29 is 4.74 Å². The Hall–Kier alpha value is 0.270. The summed E-state index contributed by atoms with van der Waals surface area (Å²) in [5.41, 5.74) is 0. The highest BCUT2D eigenvalue weighted by molar-refractivity contribution is 7.99. The summed E-state index contributed by atoms with van der Waals surface area (Å²) in [6.45, 7) is 2.13. The van der Waals surface area contributed by atoms with Crippen molar-refractivity contribution in [2.45, 2.75) is 18.6 Å². The molecule has 0 aromatic rings. The van der Waals surface area contributed by atoms with Gasteiger partial charge in [-0.05, 0) is 19.2 Å². The van der Waals surface area contributed by atoms with Gasteiger partial charge in [0.15, 0.2) is 0 Å². The molecule has 2 heterocycles. The zero-order chi connectivity index (χ0) is 7.68. The molecule has 11 heavy (non-hydrogen) atoms. The molecule has 0 radical (unpaired) electrons. The van der Waals surface area contributed by atoms with Crippen molar-refractivity contribution in [3.05, 3.63) is 0 Å². The van der Waals surface area contributed by atoms with Crippen LogP contribution in [0.1, 0.15) is 6.42 Å². The minimum Gasteiger partial charge on any atom is -0.372 e. The van der Waals surface area contributed by atoms with Gasteiger partial charge in [-0.25, -0.2) is 0 Å². The van der Waals surface area contributed by atoms with E-state index in [1.165, 1.54) is 17.9 Å². The van der Waals surface area contributed by atoms with E-state index in [2.05, 4.69) is 23.7 Å². The summed E-state index contributed by atoms with van der Waals surface area (Å²) in [6, 6.07) is 0.823. The van der Waals surface area contributed by atoms with E-state index in [9.17, 15) is 0 Å². The quantitative estimate of drug-likeness (QED) is 0.588. The van der Waals surface area contributed by atoms with Crippen molar-refractivity contribution in [3.8, 4) is 0 Å². The van der Waals surface area contributed by atoms with Gasteiger partial charge >= 0.3 is 0 Å². The zero-order valence-corrected chi connectivity index (χ0v) is 7.77. The van der Waals surface area contributed by atoms with E-state index in [1.807, 2.05) is 0 Å². The second kappa shape index (κ2) is 3.33. The average molecular weight is 173 g/mol. The highest BCUT2D eigenvalue weighted by Gasteiger charge is 2.28. The Bertz CT molecular complexity index is 132. The molecule has 2 aliphatic heterocycles. The first-order chi connectivity index (χ1) is 5.36. The van der Waals surface area contributed by atoms with Crippen LogP contribution in [0.15, 0.2) is 0 Å². The Balaban J connectivity index is 1.73. The standard InChI is InChI=1S/C8H15NOS/c1-9(4-8-5-10-8)7-2-3-11-6-7/h7-8H,2-6H2,1H3. The van der Waals surface area contributed by atoms with Crippen molar-refractivity contribution >= 4 is 11.8 Å². The molecule has 0 saturated carbocycles. The van der Waals surface area contributed by atoms with Gasteiger partial charge in [0, 0.05) is 18.3 Å². The molecule has 2 unspecified atom stereocenters. The molecule has 2 saturated heterocycles. The maximum Gasteiger partial charge on any atom is 0.0936 e. The van der Waals surface area contributed by atoms with Crippen molar-refractivity contribution in [2.75, 3.05) is 31.7 Å². The van der Waals surface area contributed by atoms with E-state index < -0.39 is 0 Å². The fourth-order valence-electron chi connectivity index (χ4n) is 1.51. The third-order valence-corrected chi connectivity index (χ3v) is 3.57. The van der Waals surface area contributed by atoms with Gasteiger partial charge in [-0.15, -0.1) is 0 Å². The lowest BCUT2D eigenvalue weighted by Gasteiger charge is -2.21. The van der Waals surface area contributed by atoms with Crippen LogP contribution in [0.4, 0.5) is 0 Å². The van der Waals surface area contributed by atoms with E-state index in [4.69, 9.17) is 4.74 Å². The summed E-state index contributed by atoms with van der Waals surface area (Å²) in [4.78, 5) is 2.46. The van der Waals surface area contributed by atoms with Crippen LogP contribution in [-0.4, -0.2) is 48.8 Å². The Morgan fingerprint density at radius 2 is 2.45 bits per heavy atom. The van der Waals surface area contributed by atoms with Crippen LogP contribution in [0.2, 0.25) is 0 Å². The number of nitrogens with zero attached hydrogens (tertiary/aromatic N) is 1. The summed E-state index contributed by atoms with van der Waals surface area (Å²) < 4.78 is 5.19. The SMILES string of the molecule is CN(CC1CO1)C1CCSC1. The third-order valence-electron chi connectivity index (χ3n) is 2.42. The number of epoxide rings is 1. The maximum atomic E-state index is 5.19. The predicted molar refractivity (Wildman–Crippen MR) is 48.1 cm³/mol. The number of thioether (sulfide) groups is 1. The van der Waals surface area contributed by atoms with E-state index >= 15 is 0 Å². The molecule has 2 rings (SSSR count). The molecule has 0 aliphatic carbocycles. The Labute approximate surface area is 72.3 Å². The first-order valence-electron chi connectivity index (χ1n) is 4.26. The highest BCUT2D eigenvalue weighted by atomic mass is 32.2. The zero-order valence-electron chi connectivity index (χ0n) is 6.95. The fraction of sp³-hybridized carbons (Fsp3) is 1.00. The molecule has 0 bridgehead atoms. The first-order valence-corrected chi connectivity index (χ1v) is 5.41. The second-order valence-electron chi connectivity index (χ2n) is 3.41. The lowest BCUT2D eigenvalue weighted by Crippen LogP contribution is -2.34. The summed E-state index contributed by atoms with van der Waals surface area (Å²) in [5, 5.41) is 0. The number of likely N-dealkylation sites (N-methyl/N-ethyl adjacent to an activating group) is 1. The van der Waals surface area contributed by atoms with Crippen LogP contribution >= 0.6 is 11.8 Å². The van der Waals surface area contributed by atoms with Crippen LogP contribution < -0.4 is 0 Å². The normalized spacial score (nSPS) is 36.5. The lowest BCUT2D eigenvalue weighted by atomic mass is 10.2. The van der Waals surface area contributed by atoms with E-state index in [0.29, 0.717) is 6.10 Å². The molecule has 0 aromatic carbocycles. The number of rotatable bonds is 3. The van der Waals surface area contributed by atoms with Gasteiger partial charge in [0.05, 0.1) is 12.7 Å². The topological polar surface area (TPSA) is 15.8 Å². The minimum atomic E-state index is 0.561. The molecule has 2 aliphatic rings. The van der Waals surface area contributed by atoms with Crippen LogP contribution in [0.5, 0.6) is 0 Å². The van der Waals surface area contributed by atoms with Crippen LogP contribution in [0.25, 0.3) is 0 Å². The molecule has 0 N–H and O–H groups in total. The molecule has 3 heteroatoms. The number of hydrogen-bond donors (Lipinski definition) is 0. The molecule has 2 atom stereocenters. The molecule has 64 valence electrons. The van der Waals surface area contributed by atoms with Gasteiger partial charge in [-0.3, -0.25) is 4.90 Å². The largest absolute Gasteiger partial charge is 0.372 e. The second-order valence-corrected chi connectivity index (χ2v) is 4.56. The van der Waals surface area contributed by atoms with Crippen molar-refractivity contribution in [3.63, 3.8) is 0 Å². The van der Waals surface area contributed by atoms with Gasteiger partial charge in [-0.2, -0.15) is 11.8 Å². The summed E-state index contributed by atoms with van der Waals surface area (Å²) in [5.74, 6) is 2.67. The van der Waals surface area contributed by atoms with E-state index in [0.717, 1.165) is 19.2 Å². The Morgan fingerprint density at radius 3 is 3.00 bits per heavy atom. The van der Waals surface area contributed by atoms with Gasteiger partial charge in [0.1, 0.15) is 0 Å². The molecule has 0 spiro atoms. The summed E-state index contributed by atoms with van der Waals surface area (Å²) >= 11 is 2.08. The van der Waals surface area contributed by atoms with Crippen molar-refractivity contribution in [1.82, 2.24) is 4.90 Å². The number of ether oxygens (including phenoxy) is 1. The molecular weight excluding hydrogens is 158 g/mol. The molecule has 2 fully saturated rings. The van der Waals surface area contributed by atoms with E-state index in [1.54, 1.807) is 0 Å². The van der Waals surface area contributed by atoms with Crippen molar-refractivity contribution in [1.29, 1.82) is 0 Å². The minimum absolute atomic E-state index is 0.561. The highest BCUT2D eigenvalue weighted by Crippen LogP contribution is 2.22. The van der Waals surface area contributed by atoms with Gasteiger partial charge in [0.25, 0.3) is 0 Å². The molecule has 0 amide bonds. The Kier molecular flexibility index (Phi) is 2.39. The maximum absolute atomic E-state index is 5.19. The molecule has 0 aromatic heterocycles. The molecule has 2 nitrogen and oxygen atoms in total. The first kappa shape index (κ1) is 7.90. The predicted octanol–water partition coefficient (Wildman–Crippen LogP) is 0.823. The van der Waals surface area contributed by atoms with Crippen LogP contribution in [0.3, 0.4) is 0 Å².